The Morgan fingerprint density at radius 2 is 2.12 bits per heavy atom. The standard InChI is InChI=1S/C12H17BrFNO/c1-15(2)6-3-7-16-9-10-8-11(13)4-5-12(10)14/h4-5,8H,3,6-7,9H2,1-2H3. The van der Waals surface area contributed by atoms with Crippen LogP contribution in [0.15, 0.2) is 22.7 Å². The lowest BCUT2D eigenvalue weighted by Crippen LogP contribution is -2.14. The fourth-order valence-corrected chi connectivity index (χ4v) is 1.73. The maximum Gasteiger partial charge on any atom is 0.128 e. The molecule has 1 aromatic carbocycles. The monoisotopic (exact) mass is 289 g/mol. The maximum atomic E-state index is 13.3. The quantitative estimate of drug-likeness (QED) is 0.747. The second-order valence-electron chi connectivity index (χ2n) is 3.95. The van der Waals surface area contributed by atoms with E-state index in [1.807, 2.05) is 14.1 Å². The van der Waals surface area contributed by atoms with Gasteiger partial charge in [0.05, 0.1) is 6.61 Å². The zero-order valence-electron chi connectivity index (χ0n) is 9.67. The fourth-order valence-electron chi connectivity index (χ4n) is 1.32. The van der Waals surface area contributed by atoms with E-state index in [2.05, 4.69) is 20.8 Å². The molecule has 1 aromatic rings. The Hall–Kier alpha value is -0.450. The number of hydrogen-bond donors (Lipinski definition) is 0. The second-order valence-corrected chi connectivity index (χ2v) is 4.86. The molecule has 0 saturated heterocycles. The third kappa shape index (κ3) is 5.05. The summed E-state index contributed by atoms with van der Waals surface area (Å²) < 4.78 is 19.6. The van der Waals surface area contributed by atoms with Crippen LogP contribution in [0.2, 0.25) is 0 Å². The normalized spacial score (nSPS) is 11.1. The second kappa shape index (κ2) is 6.99. The van der Waals surface area contributed by atoms with E-state index in [9.17, 15) is 4.39 Å². The molecule has 0 radical (unpaired) electrons. The summed E-state index contributed by atoms with van der Waals surface area (Å²) in [5.74, 6) is -0.212. The van der Waals surface area contributed by atoms with E-state index >= 15 is 0 Å². The lowest BCUT2D eigenvalue weighted by molar-refractivity contribution is 0.111. The first kappa shape index (κ1) is 13.6. The van der Waals surface area contributed by atoms with Crippen LogP contribution in [0.25, 0.3) is 0 Å². The molecule has 0 fully saturated rings. The maximum absolute atomic E-state index is 13.3. The molecular weight excluding hydrogens is 273 g/mol. The van der Waals surface area contributed by atoms with Crippen LogP contribution in [-0.4, -0.2) is 32.1 Å². The minimum Gasteiger partial charge on any atom is -0.377 e. The van der Waals surface area contributed by atoms with Crippen LogP contribution < -0.4 is 0 Å². The van der Waals surface area contributed by atoms with Crippen LogP contribution in [-0.2, 0) is 11.3 Å². The van der Waals surface area contributed by atoms with E-state index < -0.39 is 0 Å². The summed E-state index contributed by atoms with van der Waals surface area (Å²) in [6.45, 7) is 1.98. The topological polar surface area (TPSA) is 12.5 Å². The summed E-state index contributed by atoms with van der Waals surface area (Å²) in [5, 5.41) is 0. The molecule has 0 unspecified atom stereocenters. The van der Waals surface area contributed by atoms with E-state index in [4.69, 9.17) is 4.74 Å². The zero-order chi connectivity index (χ0) is 12.0. The summed E-state index contributed by atoms with van der Waals surface area (Å²) in [7, 11) is 4.04. The molecular formula is C12H17BrFNO. The average molecular weight is 290 g/mol. The fraction of sp³-hybridized carbons (Fsp3) is 0.500. The highest BCUT2D eigenvalue weighted by Gasteiger charge is 2.02. The van der Waals surface area contributed by atoms with Crippen LogP contribution in [0, 0.1) is 5.82 Å². The van der Waals surface area contributed by atoms with Gasteiger partial charge in [-0.2, -0.15) is 0 Å². The van der Waals surface area contributed by atoms with E-state index in [1.165, 1.54) is 6.07 Å². The molecule has 0 amide bonds. The minimum atomic E-state index is -0.212. The lowest BCUT2D eigenvalue weighted by atomic mass is 10.2. The van der Waals surface area contributed by atoms with E-state index in [-0.39, 0.29) is 5.82 Å². The SMILES string of the molecule is CN(C)CCCOCc1cc(Br)ccc1F. The molecule has 0 aliphatic rings. The summed E-state index contributed by atoms with van der Waals surface area (Å²) in [4.78, 5) is 2.10. The number of hydrogen-bond acceptors (Lipinski definition) is 2. The highest BCUT2D eigenvalue weighted by molar-refractivity contribution is 9.10. The predicted octanol–water partition coefficient (Wildman–Crippen LogP) is 3.06. The van der Waals surface area contributed by atoms with Crippen LogP contribution in [0.1, 0.15) is 12.0 Å². The first-order valence-electron chi connectivity index (χ1n) is 5.26. The molecule has 0 heterocycles. The molecule has 0 aliphatic heterocycles. The van der Waals surface area contributed by atoms with Crippen LogP contribution in [0.3, 0.4) is 0 Å². The first-order chi connectivity index (χ1) is 7.59. The average Bonchev–Trinajstić information content (AvgIpc) is 2.22. The van der Waals surface area contributed by atoms with Crippen molar-refractivity contribution in [3.8, 4) is 0 Å². The van der Waals surface area contributed by atoms with Crippen molar-refractivity contribution in [3.05, 3.63) is 34.1 Å². The molecule has 0 atom stereocenters. The van der Waals surface area contributed by atoms with Crippen LogP contribution in [0.5, 0.6) is 0 Å². The highest BCUT2D eigenvalue weighted by Crippen LogP contribution is 2.16. The lowest BCUT2D eigenvalue weighted by Gasteiger charge is -2.09. The summed E-state index contributed by atoms with van der Waals surface area (Å²) >= 11 is 3.31. The Bertz CT molecular complexity index is 331. The van der Waals surface area contributed by atoms with Crippen molar-refractivity contribution in [2.24, 2.45) is 0 Å². The van der Waals surface area contributed by atoms with Gasteiger partial charge in [-0.25, -0.2) is 4.39 Å². The molecule has 0 aliphatic carbocycles. The Morgan fingerprint density at radius 3 is 2.81 bits per heavy atom. The predicted molar refractivity (Wildman–Crippen MR) is 66.9 cm³/mol. The third-order valence-corrected chi connectivity index (χ3v) is 2.65. The van der Waals surface area contributed by atoms with Gasteiger partial charge in [-0.05, 0) is 45.3 Å². The van der Waals surface area contributed by atoms with Crippen molar-refractivity contribution in [1.29, 1.82) is 0 Å². The van der Waals surface area contributed by atoms with Gasteiger partial charge in [0.25, 0.3) is 0 Å². The van der Waals surface area contributed by atoms with Crippen molar-refractivity contribution < 1.29 is 9.13 Å². The third-order valence-electron chi connectivity index (χ3n) is 2.16. The van der Waals surface area contributed by atoms with Gasteiger partial charge in [-0.1, -0.05) is 15.9 Å². The molecule has 1 rings (SSSR count). The van der Waals surface area contributed by atoms with Crippen LogP contribution in [0.4, 0.5) is 4.39 Å². The summed E-state index contributed by atoms with van der Waals surface area (Å²) in [5.41, 5.74) is 0.597. The summed E-state index contributed by atoms with van der Waals surface area (Å²) in [6, 6.07) is 4.88. The van der Waals surface area contributed by atoms with Gasteiger partial charge in [0.1, 0.15) is 5.82 Å². The van der Waals surface area contributed by atoms with Crippen molar-refractivity contribution >= 4 is 15.9 Å². The Kier molecular flexibility index (Phi) is 5.95. The molecule has 0 saturated carbocycles. The number of benzene rings is 1. The van der Waals surface area contributed by atoms with Gasteiger partial charge in [0.2, 0.25) is 0 Å². The van der Waals surface area contributed by atoms with Gasteiger partial charge in [0.15, 0.2) is 0 Å². The number of halogens is 2. The van der Waals surface area contributed by atoms with E-state index in [0.717, 1.165) is 17.4 Å². The Labute approximate surface area is 105 Å². The van der Waals surface area contributed by atoms with Gasteiger partial charge < -0.3 is 9.64 Å². The van der Waals surface area contributed by atoms with Crippen LogP contribution >= 0.6 is 15.9 Å². The van der Waals surface area contributed by atoms with Gasteiger partial charge in [0, 0.05) is 16.6 Å². The smallest absolute Gasteiger partial charge is 0.128 e. The van der Waals surface area contributed by atoms with Gasteiger partial charge >= 0.3 is 0 Å². The number of nitrogens with zero attached hydrogens (tertiary/aromatic N) is 1. The molecule has 2 nitrogen and oxygen atoms in total. The highest BCUT2D eigenvalue weighted by atomic mass is 79.9. The van der Waals surface area contributed by atoms with E-state index in [1.54, 1.807) is 12.1 Å². The molecule has 0 aromatic heterocycles. The molecule has 4 heteroatoms. The van der Waals surface area contributed by atoms with Crippen molar-refractivity contribution in [1.82, 2.24) is 4.90 Å². The van der Waals surface area contributed by atoms with Gasteiger partial charge in [-0.15, -0.1) is 0 Å². The molecule has 16 heavy (non-hydrogen) atoms. The molecule has 90 valence electrons. The Balaban J connectivity index is 2.29. The molecule has 0 N–H and O–H groups in total. The molecule has 0 bridgehead atoms. The summed E-state index contributed by atoms with van der Waals surface area (Å²) in [6.07, 6.45) is 0.961. The van der Waals surface area contributed by atoms with Crippen molar-refractivity contribution in [2.75, 3.05) is 27.2 Å². The largest absolute Gasteiger partial charge is 0.377 e. The van der Waals surface area contributed by atoms with E-state index in [0.29, 0.717) is 18.8 Å². The van der Waals surface area contributed by atoms with Gasteiger partial charge in [-0.3, -0.25) is 0 Å². The first-order valence-corrected chi connectivity index (χ1v) is 6.05. The number of ether oxygens (including phenoxy) is 1. The number of rotatable bonds is 6. The minimum absolute atomic E-state index is 0.212. The van der Waals surface area contributed by atoms with Crippen molar-refractivity contribution in [2.45, 2.75) is 13.0 Å². The zero-order valence-corrected chi connectivity index (χ0v) is 11.3. The molecule has 0 spiro atoms. The van der Waals surface area contributed by atoms with Crippen molar-refractivity contribution in [3.63, 3.8) is 0 Å². The Morgan fingerprint density at radius 1 is 1.38 bits per heavy atom.